The van der Waals surface area contributed by atoms with Gasteiger partial charge in [-0.3, -0.25) is 0 Å². The molecule has 0 radical (unpaired) electrons. The Morgan fingerprint density at radius 1 is 0.741 bits per heavy atom. The number of hydrogen-bond donors (Lipinski definition) is 0. The van der Waals surface area contributed by atoms with Gasteiger partial charge in [0.25, 0.3) is 0 Å². The van der Waals surface area contributed by atoms with E-state index in [9.17, 15) is 0 Å². The van der Waals surface area contributed by atoms with Crippen LogP contribution in [0.1, 0.15) is 0 Å². The van der Waals surface area contributed by atoms with Gasteiger partial charge in [-0.05, 0) is 42.5 Å². The molecular formula is C21H14N6. The van der Waals surface area contributed by atoms with Gasteiger partial charge in [-0.15, -0.1) is 0 Å². The van der Waals surface area contributed by atoms with Crippen LogP contribution in [-0.2, 0) is 0 Å². The van der Waals surface area contributed by atoms with Crippen molar-refractivity contribution in [3.8, 4) is 22.5 Å². The van der Waals surface area contributed by atoms with Crippen LogP contribution in [-0.4, -0.2) is 28.4 Å². The number of aromatic nitrogens is 6. The molecule has 6 aromatic heterocycles. The van der Waals surface area contributed by atoms with E-state index >= 15 is 0 Å². The molecule has 0 atom stereocenters. The Kier molecular flexibility index (Phi) is 2.79. The Morgan fingerprint density at radius 2 is 1.63 bits per heavy atom. The molecule has 0 bridgehead atoms. The minimum atomic E-state index is 0.936. The van der Waals surface area contributed by atoms with Crippen LogP contribution in [0.4, 0.5) is 0 Å². The fraction of sp³-hybridized carbons (Fsp3) is 0. The molecule has 128 valence electrons. The van der Waals surface area contributed by atoms with Crippen molar-refractivity contribution in [3.05, 3.63) is 85.8 Å². The van der Waals surface area contributed by atoms with E-state index in [1.807, 2.05) is 68.6 Å². The van der Waals surface area contributed by atoms with Gasteiger partial charge in [0.15, 0.2) is 0 Å². The molecule has 0 saturated carbocycles. The lowest BCUT2D eigenvalue weighted by Gasteiger charge is -1.98. The molecule has 0 aliphatic rings. The van der Waals surface area contributed by atoms with Crippen molar-refractivity contribution in [2.24, 2.45) is 0 Å². The first-order valence-electron chi connectivity index (χ1n) is 8.69. The summed E-state index contributed by atoms with van der Waals surface area (Å²) >= 11 is 0. The number of hydrogen-bond acceptors (Lipinski definition) is 3. The topological polar surface area (TPSA) is 51.9 Å². The first kappa shape index (κ1) is 14.3. The summed E-state index contributed by atoms with van der Waals surface area (Å²) in [5.74, 6) is 0. The Balaban J connectivity index is 1.46. The Labute approximate surface area is 154 Å². The summed E-state index contributed by atoms with van der Waals surface area (Å²) in [6, 6.07) is 16.4. The third-order valence-corrected chi connectivity index (χ3v) is 4.83. The number of pyridine rings is 3. The third-order valence-electron chi connectivity index (χ3n) is 4.83. The maximum absolute atomic E-state index is 4.71. The molecule has 0 saturated heterocycles. The van der Waals surface area contributed by atoms with Crippen LogP contribution in [0.3, 0.4) is 0 Å². The summed E-state index contributed by atoms with van der Waals surface area (Å²) in [4.78, 5) is 8.88. The van der Waals surface area contributed by atoms with Crippen LogP contribution in [0.2, 0.25) is 0 Å². The van der Waals surface area contributed by atoms with Crippen molar-refractivity contribution in [2.75, 3.05) is 0 Å². The van der Waals surface area contributed by atoms with E-state index in [1.54, 1.807) is 6.33 Å². The van der Waals surface area contributed by atoms with Crippen molar-refractivity contribution < 1.29 is 0 Å². The zero-order chi connectivity index (χ0) is 17.8. The summed E-state index contributed by atoms with van der Waals surface area (Å²) in [5.41, 5.74) is 7.06. The van der Waals surface area contributed by atoms with Crippen molar-refractivity contribution >= 4 is 16.7 Å². The van der Waals surface area contributed by atoms with Gasteiger partial charge in [-0.2, -0.15) is 5.10 Å². The molecule has 0 amide bonds. The molecule has 6 rings (SSSR count). The number of rotatable bonds is 2. The Morgan fingerprint density at radius 3 is 2.59 bits per heavy atom. The highest BCUT2D eigenvalue weighted by atomic mass is 15.2. The molecule has 0 aliphatic carbocycles. The van der Waals surface area contributed by atoms with Crippen molar-refractivity contribution in [1.29, 1.82) is 0 Å². The lowest BCUT2D eigenvalue weighted by Crippen LogP contribution is -1.88. The largest absolute Gasteiger partial charge is 0.306 e. The smallest absolute Gasteiger partial charge is 0.137 e. The van der Waals surface area contributed by atoms with Gasteiger partial charge in [-0.25, -0.2) is 14.5 Å². The van der Waals surface area contributed by atoms with E-state index in [2.05, 4.69) is 29.2 Å². The maximum atomic E-state index is 4.71. The second kappa shape index (κ2) is 5.28. The molecule has 6 heterocycles. The van der Waals surface area contributed by atoms with Gasteiger partial charge in [0.2, 0.25) is 0 Å². The van der Waals surface area contributed by atoms with Gasteiger partial charge >= 0.3 is 0 Å². The summed E-state index contributed by atoms with van der Waals surface area (Å²) in [6.07, 6.45) is 11.7. The first-order chi connectivity index (χ1) is 13.3. The monoisotopic (exact) mass is 350 g/mol. The average molecular weight is 350 g/mol. The normalized spacial score (nSPS) is 11.7. The fourth-order valence-corrected chi connectivity index (χ4v) is 3.45. The van der Waals surface area contributed by atoms with Crippen molar-refractivity contribution in [1.82, 2.24) is 28.4 Å². The van der Waals surface area contributed by atoms with Crippen LogP contribution in [0, 0.1) is 0 Å². The van der Waals surface area contributed by atoms with E-state index in [0.29, 0.717) is 0 Å². The lowest BCUT2D eigenvalue weighted by atomic mass is 10.1. The lowest BCUT2D eigenvalue weighted by molar-refractivity contribution is 0.965. The van der Waals surface area contributed by atoms with Gasteiger partial charge in [0.1, 0.15) is 5.65 Å². The molecule has 0 unspecified atom stereocenters. The first-order valence-corrected chi connectivity index (χ1v) is 8.69. The minimum Gasteiger partial charge on any atom is -0.306 e. The van der Waals surface area contributed by atoms with Crippen molar-refractivity contribution in [3.63, 3.8) is 0 Å². The maximum Gasteiger partial charge on any atom is 0.137 e. The van der Waals surface area contributed by atoms with E-state index in [-0.39, 0.29) is 0 Å². The van der Waals surface area contributed by atoms with E-state index < -0.39 is 0 Å². The highest BCUT2D eigenvalue weighted by Gasteiger charge is 2.09. The summed E-state index contributed by atoms with van der Waals surface area (Å²) in [5, 5.41) is 4.71. The molecule has 6 nitrogen and oxygen atoms in total. The number of fused-ring (bicyclic) bond motifs is 3. The molecule has 0 spiro atoms. The van der Waals surface area contributed by atoms with E-state index in [0.717, 1.165) is 39.2 Å². The molecule has 0 N–H and O–H groups in total. The predicted molar refractivity (Wildman–Crippen MR) is 104 cm³/mol. The summed E-state index contributed by atoms with van der Waals surface area (Å²) in [6.45, 7) is 0. The molecular weight excluding hydrogens is 336 g/mol. The SMILES string of the molecule is c1ccn2cc(-c3ccn4nc(-c5ccn6cncc6c5)cc4c3)nc2c1. The van der Waals surface area contributed by atoms with Gasteiger partial charge in [0.05, 0.1) is 34.9 Å². The molecule has 6 aromatic rings. The van der Waals surface area contributed by atoms with Crippen LogP contribution in [0.25, 0.3) is 39.2 Å². The van der Waals surface area contributed by atoms with Crippen LogP contribution < -0.4 is 0 Å². The van der Waals surface area contributed by atoms with Crippen LogP contribution in [0.15, 0.2) is 85.8 Å². The standard InChI is InChI=1S/C21H14N6/c1-2-6-25-13-20(23-21(25)3-1)16-5-8-27-17(9-16)11-19(24-27)15-4-7-26-14-22-12-18(26)10-15/h1-14H. The zero-order valence-electron chi connectivity index (χ0n) is 14.3. The highest BCUT2D eigenvalue weighted by molar-refractivity contribution is 5.73. The number of imidazole rings is 2. The van der Waals surface area contributed by atoms with Crippen LogP contribution in [0.5, 0.6) is 0 Å². The second-order valence-electron chi connectivity index (χ2n) is 6.55. The van der Waals surface area contributed by atoms with Gasteiger partial charge in [0, 0.05) is 35.9 Å². The molecule has 0 aliphatic heterocycles. The minimum absolute atomic E-state index is 0.936. The second-order valence-corrected chi connectivity index (χ2v) is 6.55. The highest BCUT2D eigenvalue weighted by Crippen LogP contribution is 2.25. The van der Waals surface area contributed by atoms with E-state index in [1.165, 1.54) is 0 Å². The molecule has 0 aromatic carbocycles. The zero-order valence-corrected chi connectivity index (χ0v) is 14.3. The van der Waals surface area contributed by atoms with Crippen LogP contribution >= 0.6 is 0 Å². The summed E-state index contributed by atoms with van der Waals surface area (Å²) < 4.78 is 5.91. The van der Waals surface area contributed by atoms with Crippen molar-refractivity contribution in [2.45, 2.75) is 0 Å². The molecule has 27 heavy (non-hydrogen) atoms. The molecule has 6 heteroatoms. The van der Waals surface area contributed by atoms with Gasteiger partial charge < -0.3 is 8.80 Å². The Bertz CT molecular complexity index is 1400. The third kappa shape index (κ3) is 2.23. The quantitative estimate of drug-likeness (QED) is 0.475. The van der Waals surface area contributed by atoms with Gasteiger partial charge in [-0.1, -0.05) is 6.07 Å². The fourth-order valence-electron chi connectivity index (χ4n) is 3.45. The Hall–Kier alpha value is -3.93. The number of nitrogens with zero attached hydrogens (tertiary/aromatic N) is 6. The van der Waals surface area contributed by atoms with E-state index in [4.69, 9.17) is 10.1 Å². The molecule has 0 fully saturated rings. The summed E-state index contributed by atoms with van der Waals surface area (Å²) in [7, 11) is 0. The predicted octanol–water partition coefficient (Wildman–Crippen LogP) is 3.96. The average Bonchev–Trinajstić information content (AvgIpc) is 3.42.